The molecule has 158 valence electrons. The minimum absolute atomic E-state index is 0.140. The lowest BCUT2D eigenvalue weighted by Gasteiger charge is -2.09. The summed E-state index contributed by atoms with van der Waals surface area (Å²) >= 11 is 1.29. The normalized spacial score (nSPS) is 11.0. The first-order valence-electron chi connectivity index (χ1n) is 9.84. The van der Waals surface area contributed by atoms with Crippen LogP contribution in [0, 0.1) is 27.7 Å². The molecule has 0 saturated heterocycles. The smallest absolute Gasteiger partial charge is 0.234 e. The second-order valence-electron chi connectivity index (χ2n) is 7.29. The highest BCUT2D eigenvalue weighted by Crippen LogP contribution is 2.24. The van der Waals surface area contributed by atoms with Crippen LogP contribution < -0.4 is 5.32 Å². The number of rotatable bonds is 6. The number of amides is 1. The van der Waals surface area contributed by atoms with Crippen LogP contribution in [0.5, 0.6) is 0 Å². The number of aryl methyl sites for hydroxylation is 3. The molecule has 1 amide bonds. The molecule has 2 aromatic carbocycles. The summed E-state index contributed by atoms with van der Waals surface area (Å²) in [5.41, 5.74) is 6.45. The Morgan fingerprint density at radius 2 is 1.81 bits per heavy atom. The molecule has 0 bridgehead atoms. The maximum Gasteiger partial charge on any atom is 0.234 e. The molecule has 2 aromatic heterocycles. The van der Waals surface area contributed by atoms with Crippen LogP contribution in [0.1, 0.15) is 22.5 Å². The third-order valence-electron chi connectivity index (χ3n) is 4.91. The molecule has 9 heteroatoms. The van der Waals surface area contributed by atoms with E-state index in [0.29, 0.717) is 5.16 Å². The van der Waals surface area contributed by atoms with Crippen molar-refractivity contribution >= 4 is 23.4 Å². The molecule has 0 fully saturated rings. The van der Waals surface area contributed by atoms with Gasteiger partial charge in [-0.05, 0) is 61.9 Å². The standard InChI is InChI=1S/C22H23N7OS/c1-14-10-11-19(15(2)12-14)29-22(24-26-27-29)31-13-20(30)23-21-16(3)25-28(17(21)4)18-8-6-5-7-9-18/h5-12H,13H2,1-4H3,(H,23,30). The van der Waals surface area contributed by atoms with Crippen LogP contribution in [0.4, 0.5) is 5.69 Å². The van der Waals surface area contributed by atoms with Gasteiger partial charge in [0.2, 0.25) is 11.1 Å². The van der Waals surface area contributed by atoms with Gasteiger partial charge >= 0.3 is 0 Å². The molecule has 31 heavy (non-hydrogen) atoms. The average Bonchev–Trinajstić information content (AvgIpc) is 3.33. The van der Waals surface area contributed by atoms with Gasteiger partial charge in [0.25, 0.3) is 0 Å². The minimum Gasteiger partial charge on any atom is -0.322 e. The Hall–Kier alpha value is -3.46. The van der Waals surface area contributed by atoms with Crippen molar-refractivity contribution in [1.82, 2.24) is 30.0 Å². The summed E-state index contributed by atoms with van der Waals surface area (Å²) in [7, 11) is 0. The molecule has 8 nitrogen and oxygen atoms in total. The van der Waals surface area contributed by atoms with E-state index in [9.17, 15) is 4.79 Å². The Kier molecular flexibility index (Phi) is 5.85. The number of tetrazole rings is 1. The zero-order chi connectivity index (χ0) is 22.0. The molecular weight excluding hydrogens is 410 g/mol. The van der Waals surface area contributed by atoms with E-state index in [-0.39, 0.29) is 11.7 Å². The average molecular weight is 434 g/mol. The summed E-state index contributed by atoms with van der Waals surface area (Å²) in [5, 5.41) is 20.1. The molecule has 0 radical (unpaired) electrons. The maximum absolute atomic E-state index is 12.7. The van der Waals surface area contributed by atoms with Gasteiger partial charge in [-0.15, -0.1) is 5.10 Å². The minimum atomic E-state index is -0.140. The number of thioether (sulfide) groups is 1. The number of nitrogens with one attached hydrogen (secondary N) is 1. The van der Waals surface area contributed by atoms with Crippen LogP contribution in [0.25, 0.3) is 11.4 Å². The van der Waals surface area contributed by atoms with Crippen molar-refractivity contribution in [1.29, 1.82) is 0 Å². The van der Waals surface area contributed by atoms with Crippen LogP contribution in [-0.4, -0.2) is 41.6 Å². The van der Waals surface area contributed by atoms with E-state index in [2.05, 4.69) is 32.0 Å². The summed E-state index contributed by atoms with van der Waals surface area (Å²) < 4.78 is 3.50. The Bertz CT molecular complexity index is 1230. The van der Waals surface area contributed by atoms with E-state index >= 15 is 0 Å². The van der Waals surface area contributed by atoms with Gasteiger partial charge < -0.3 is 5.32 Å². The molecule has 4 aromatic rings. The number of nitrogens with zero attached hydrogens (tertiary/aromatic N) is 6. The molecule has 0 saturated carbocycles. The summed E-state index contributed by atoms with van der Waals surface area (Å²) in [5.74, 6) is 0.0414. The van der Waals surface area contributed by atoms with Crippen molar-refractivity contribution in [3.63, 3.8) is 0 Å². The molecule has 2 heterocycles. The van der Waals surface area contributed by atoms with Gasteiger partial charge in [-0.25, -0.2) is 4.68 Å². The lowest BCUT2D eigenvalue weighted by molar-refractivity contribution is -0.113. The molecule has 0 atom stereocenters. The quantitative estimate of drug-likeness (QED) is 0.465. The van der Waals surface area contributed by atoms with Crippen molar-refractivity contribution in [3.05, 3.63) is 71.0 Å². The van der Waals surface area contributed by atoms with Gasteiger partial charge in [0.05, 0.1) is 34.2 Å². The molecule has 1 N–H and O–H groups in total. The van der Waals surface area contributed by atoms with Crippen molar-refractivity contribution in [3.8, 4) is 11.4 Å². The molecule has 0 unspecified atom stereocenters. The zero-order valence-corrected chi connectivity index (χ0v) is 18.6. The highest BCUT2D eigenvalue weighted by molar-refractivity contribution is 7.99. The van der Waals surface area contributed by atoms with Crippen LogP contribution >= 0.6 is 11.8 Å². The second-order valence-corrected chi connectivity index (χ2v) is 8.24. The van der Waals surface area contributed by atoms with Gasteiger partial charge in [-0.3, -0.25) is 4.79 Å². The number of anilines is 1. The van der Waals surface area contributed by atoms with Gasteiger partial charge in [0.15, 0.2) is 0 Å². The maximum atomic E-state index is 12.7. The van der Waals surface area contributed by atoms with Crippen molar-refractivity contribution in [2.75, 3.05) is 11.1 Å². The molecule has 0 aliphatic heterocycles. The Labute approximate surface area is 184 Å². The molecule has 4 rings (SSSR count). The first kappa shape index (κ1) is 20.8. The third-order valence-corrected chi connectivity index (χ3v) is 5.83. The number of carbonyl (C=O) groups excluding carboxylic acids is 1. The number of hydrogen-bond acceptors (Lipinski definition) is 6. The molecule has 0 aliphatic rings. The summed E-state index contributed by atoms with van der Waals surface area (Å²) in [6.45, 7) is 7.88. The fourth-order valence-electron chi connectivity index (χ4n) is 3.41. The molecule has 0 aliphatic carbocycles. The predicted octanol–water partition coefficient (Wildman–Crippen LogP) is 3.81. The van der Waals surface area contributed by atoms with E-state index in [4.69, 9.17) is 0 Å². The van der Waals surface area contributed by atoms with Crippen LogP contribution in [0.2, 0.25) is 0 Å². The van der Waals surface area contributed by atoms with Crippen LogP contribution in [0.3, 0.4) is 0 Å². The first-order chi connectivity index (χ1) is 14.9. The SMILES string of the molecule is Cc1ccc(-n2nnnc2SCC(=O)Nc2c(C)nn(-c3ccccc3)c2C)c(C)c1. The number of aromatic nitrogens is 6. The van der Waals surface area contributed by atoms with Crippen molar-refractivity contribution in [2.45, 2.75) is 32.9 Å². The van der Waals surface area contributed by atoms with Gasteiger partial charge in [-0.2, -0.15) is 9.78 Å². The third kappa shape index (κ3) is 4.36. The van der Waals surface area contributed by atoms with E-state index in [1.807, 2.05) is 74.8 Å². The van der Waals surface area contributed by atoms with Gasteiger partial charge in [0, 0.05) is 0 Å². The fourth-order valence-corrected chi connectivity index (χ4v) is 4.10. The van der Waals surface area contributed by atoms with Crippen molar-refractivity contribution < 1.29 is 4.79 Å². The lowest BCUT2D eigenvalue weighted by atomic mass is 10.1. The predicted molar refractivity (Wildman–Crippen MR) is 121 cm³/mol. The Morgan fingerprint density at radius 3 is 2.55 bits per heavy atom. The fraction of sp³-hybridized carbons (Fsp3) is 0.227. The number of benzene rings is 2. The molecule has 0 spiro atoms. The molecular formula is C22H23N7OS. The topological polar surface area (TPSA) is 90.5 Å². The van der Waals surface area contributed by atoms with Crippen molar-refractivity contribution in [2.24, 2.45) is 0 Å². The second kappa shape index (κ2) is 8.73. The van der Waals surface area contributed by atoms with E-state index in [1.165, 1.54) is 17.3 Å². The highest BCUT2D eigenvalue weighted by atomic mass is 32.2. The zero-order valence-electron chi connectivity index (χ0n) is 17.8. The largest absolute Gasteiger partial charge is 0.322 e. The highest BCUT2D eigenvalue weighted by Gasteiger charge is 2.17. The summed E-state index contributed by atoms with van der Waals surface area (Å²) in [6.07, 6.45) is 0. The number of hydrogen-bond donors (Lipinski definition) is 1. The number of carbonyl (C=O) groups is 1. The monoisotopic (exact) mass is 433 g/mol. The van der Waals surface area contributed by atoms with E-state index in [1.54, 1.807) is 4.68 Å². The number of para-hydroxylation sites is 1. The van der Waals surface area contributed by atoms with Gasteiger partial charge in [0.1, 0.15) is 0 Å². The lowest BCUT2D eigenvalue weighted by Crippen LogP contribution is -2.16. The van der Waals surface area contributed by atoms with Crippen LogP contribution in [0.15, 0.2) is 53.7 Å². The Balaban J connectivity index is 1.47. The summed E-state index contributed by atoms with van der Waals surface area (Å²) in [6, 6.07) is 15.9. The van der Waals surface area contributed by atoms with Crippen LogP contribution in [-0.2, 0) is 4.79 Å². The summed E-state index contributed by atoms with van der Waals surface area (Å²) in [4.78, 5) is 12.7. The van der Waals surface area contributed by atoms with E-state index in [0.717, 1.165) is 34.0 Å². The first-order valence-corrected chi connectivity index (χ1v) is 10.8. The Morgan fingerprint density at radius 1 is 1.03 bits per heavy atom. The van der Waals surface area contributed by atoms with Gasteiger partial charge in [-0.1, -0.05) is 47.7 Å². The van der Waals surface area contributed by atoms with E-state index < -0.39 is 0 Å².